The van der Waals surface area contributed by atoms with Crippen LogP contribution in [0.1, 0.15) is 13.3 Å². The molecule has 0 bridgehead atoms. The van der Waals surface area contributed by atoms with E-state index in [-0.39, 0.29) is 109 Å². The fourth-order valence-electron chi connectivity index (χ4n) is 0.992. The van der Waals surface area contributed by atoms with Crippen LogP contribution in [0.2, 0.25) is 0 Å². The van der Waals surface area contributed by atoms with E-state index >= 15 is 0 Å². The Balaban J connectivity index is -0.000000845. The zero-order valence-electron chi connectivity index (χ0n) is 9.62. The molecule has 0 atom stereocenters. The van der Waals surface area contributed by atoms with Crippen LogP contribution in [0.25, 0.3) is 0 Å². The topological polar surface area (TPSA) is 130 Å². The summed E-state index contributed by atoms with van der Waals surface area (Å²) >= 11 is 0. The maximum Gasteiger partial charge on any atom is 1.00 e. The van der Waals surface area contributed by atoms with Crippen LogP contribution in [0.15, 0.2) is 0 Å². The summed E-state index contributed by atoms with van der Waals surface area (Å²) in [6, 6.07) is 0. The molecule has 0 fully saturated rings. The molecule has 0 aliphatic heterocycles. The first-order chi connectivity index (χ1) is 6.14. The van der Waals surface area contributed by atoms with Crippen molar-refractivity contribution in [1.82, 2.24) is 4.90 Å². The van der Waals surface area contributed by atoms with E-state index in [1.54, 1.807) is 6.92 Å². The third-order valence-corrected chi connectivity index (χ3v) is 2.78. The smallest absolute Gasteiger partial charge is 0.810 e. The van der Waals surface area contributed by atoms with E-state index in [0.717, 1.165) is 4.90 Å². The van der Waals surface area contributed by atoms with Crippen LogP contribution in [0.5, 0.6) is 0 Å². The average molecular weight is 321 g/mol. The Labute approximate surface area is 180 Å². The molecule has 0 N–H and O–H groups in total. The molecule has 0 amide bonds. The van der Waals surface area contributed by atoms with Gasteiger partial charge in [0.25, 0.3) is 0 Å². The molecule has 11 heteroatoms. The van der Waals surface area contributed by atoms with Crippen molar-refractivity contribution in [2.24, 2.45) is 0 Å². The Bertz CT molecular complexity index is 242. The Hall–Kier alpha value is 3.53. The van der Waals surface area contributed by atoms with Crippen molar-refractivity contribution in [3.63, 3.8) is 0 Å². The van der Waals surface area contributed by atoms with Crippen LogP contribution < -0.4 is 122 Å². The van der Waals surface area contributed by atoms with Gasteiger partial charge in [0.2, 0.25) is 0 Å². The van der Waals surface area contributed by atoms with Crippen molar-refractivity contribution in [2.45, 2.75) is 13.3 Å². The predicted molar refractivity (Wildman–Crippen MR) is 41.9 cm³/mol. The Kier molecular flexibility index (Phi) is 17.2. The van der Waals surface area contributed by atoms with Gasteiger partial charge in [-0.05, 0) is 13.0 Å². The van der Waals surface area contributed by atoms with Crippen molar-refractivity contribution >= 4 is 15.2 Å². The molecular formula is C5H11K2NO6P2-2. The summed E-state index contributed by atoms with van der Waals surface area (Å²) in [6.45, 7) is 1.76. The first-order valence-electron chi connectivity index (χ1n) is 3.88. The van der Waals surface area contributed by atoms with Gasteiger partial charge in [-0.1, -0.05) is 22.1 Å². The molecule has 0 rings (SSSR count). The van der Waals surface area contributed by atoms with E-state index in [1.165, 1.54) is 0 Å². The zero-order valence-corrected chi connectivity index (χ0v) is 17.7. The number of rotatable bonds is 6. The molecule has 7 nitrogen and oxygen atoms in total. The molecule has 86 valence electrons. The summed E-state index contributed by atoms with van der Waals surface area (Å²) in [5.74, 6) is 0. The van der Waals surface area contributed by atoms with Gasteiger partial charge in [0.05, 0.1) is 0 Å². The van der Waals surface area contributed by atoms with Crippen molar-refractivity contribution < 1.29 is 131 Å². The van der Waals surface area contributed by atoms with Crippen LogP contribution in [0.4, 0.5) is 0 Å². The Morgan fingerprint density at radius 1 is 0.938 bits per heavy atom. The van der Waals surface area contributed by atoms with E-state index in [2.05, 4.69) is 0 Å². The average Bonchev–Trinajstić information content (AvgIpc) is 1.78. The van der Waals surface area contributed by atoms with Crippen molar-refractivity contribution in [1.29, 1.82) is 0 Å². The van der Waals surface area contributed by atoms with E-state index in [0.29, 0.717) is 6.42 Å². The molecular weight excluding hydrogens is 310 g/mol. The molecule has 0 unspecified atom stereocenters. The molecule has 0 saturated carbocycles. The Morgan fingerprint density at radius 3 is 1.44 bits per heavy atom. The maximum absolute atomic E-state index is 10.3. The molecule has 0 heterocycles. The molecule has 0 aromatic carbocycles. The van der Waals surface area contributed by atoms with Crippen molar-refractivity contribution in [3.8, 4) is 0 Å². The van der Waals surface area contributed by atoms with Gasteiger partial charge >= 0.3 is 103 Å². The standard InChI is InChI=1S/C5H15NO6P2.2K/c1-2-3-6(4-13(7,8)9)5-14(10,11)12;;/h2-5H2,1H3,(H2,7,8,9)(H2,10,11,12);;/q;2*+1/p-4. The molecule has 0 aliphatic rings. The molecule has 0 spiro atoms. The fraction of sp³-hybridized carbons (Fsp3) is 1.00. The van der Waals surface area contributed by atoms with Crippen LogP contribution >= 0.6 is 15.2 Å². The van der Waals surface area contributed by atoms with Crippen LogP contribution in [-0.2, 0) is 9.13 Å². The predicted octanol–water partition coefficient (Wildman–Crippen LogP) is -8.55. The van der Waals surface area contributed by atoms with Gasteiger partial charge in [-0.2, -0.15) is 0 Å². The van der Waals surface area contributed by atoms with Gasteiger partial charge in [-0.25, -0.2) is 0 Å². The van der Waals surface area contributed by atoms with Gasteiger partial charge in [-0.3, -0.25) is 4.90 Å². The summed E-state index contributed by atoms with van der Waals surface area (Å²) in [5.41, 5.74) is 0. The maximum atomic E-state index is 10.3. The minimum Gasteiger partial charge on any atom is -0.810 e. The third kappa shape index (κ3) is 17.5. The van der Waals surface area contributed by atoms with E-state index < -0.39 is 27.8 Å². The van der Waals surface area contributed by atoms with E-state index in [4.69, 9.17) is 0 Å². The second-order valence-corrected chi connectivity index (χ2v) is 5.91. The van der Waals surface area contributed by atoms with Crippen molar-refractivity contribution in [2.75, 3.05) is 19.1 Å². The number of nitrogens with zero attached hydrogens (tertiary/aromatic N) is 1. The largest absolute Gasteiger partial charge is 1.00 e. The fourth-order valence-corrected chi connectivity index (χ4v) is 2.61. The normalized spacial score (nSPS) is 11.9. The SMILES string of the molecule is CCCN(CP(=O)([O-])[O-])CP(=O)([O-])[O-].[K+].[K+]. The molecule has 0 saturated heterocycles. The summed E-state index contributed by atoms with van der Waals surface area (Å²) in [6.07, 6.45) is -1.38. The quantitative estimate of drug-likeness (QED) is 0.351. The summed E-state index contributed by atoms with van der Waals surface area (Å²) in [5, 5.41) is 0. The van der Waals surface area contributed by atoms with Gasteiger partial charge in [0, 0.05) is 12.6 Å². The summed E-state index contributed by atoms with van der Waals surface area (Å²) in [4.78, 5) is 42.2. The van der Waals surface area contributed by atoms with Gasteiger partial charge in [-0.15, -0.1) is 0 Å². The minimum atomic E-state index is -4.81. The van der Waals surface area contributed by atoms with Gasteiger partial charge in [0.1, 0.15) is 0 Å². The van der Waals surface area contributed by atoms with Crippen LogP contribution in [-0.4, -0.2) is 24.0 Å². The first kappa shape index (κ1) is 24.5. The minimum absolute atomic E-state index is 0. The molecule has 0 aromatic heterocycles. The summed E-state index contributed by atoms with van der Waals surface area (Å²) in [7, 11) is -9.62. The molecule has 0 aromatic rings. The van der Waals surface area contributed by atoms with Gasteiger partial charge in [0.15, 0.2) is 0 Å². The Morgan fingerprint density at radius 2 is 1.25 bits per heavy atom. The monoisotopic (exact) mass is 321 g/mol. The molecule has 0 radical (unpaired) electrons. The summed E-state index contributed by atoms with van der Waals surface area (Å²) < 4.78 is 20.7. The second kappa shape index (κ2) is 11.2. The third-order valence-electron chi connectivity index (χ3n) is 1.29. The number of hydrogen-bond acceptors (Lipinski definition) is 7. The zero-order chi connectivity index (χ0) is 11.4. The van der Waals surface area contributed by atoms with Crippen LogP contribution in [0.3, 0.4) is 0 Å². The first-order valence-corrected chi connectivity index (χ1v) is 7.34. The van der Waals surface area contributed by atoms with Gasteiger partial charge < -0.3 is 28.7 Å². The molecule has 0 aliphatic carbocycles. The second-order valence-electron chi connectivity index (χ2n) is 2.90. The van der Waals surface area contributed by atoms with E-state index in [9.17, 15) is 28.7 Å². The van der Waals surface area contributed by atoms with Crippen LogP contribution in [0, 0.1) is 0 Å². The van der Waals surface area contributed by atoms with Crippen molar-refractivity contribution in [3.05, 3.63) is 0 Å². The molecule has 16 heavy (non-hydrogen) atoms. The van der Waals surface area contributed by atoms with E-state index in [1.807, 2.05) is 0 Å². The number of hydrogen-bond donors (Lipinski definition) is 0.